The molecule has 1 unspecified atom stereocenters. The Morgan fingerprint density at radius 1 is 1.12 bits per heavy atom. The molecule has 0 aliphatic carbocycles. The number of nitrogens with zero attached hydrogens (tertiary/aromatic N) is 2. The first-order valence-electron chi connectivity index (χ1n) is 8.56. The Labute approximate surface area is 160 Å². The number of likely N-dealkylation sites (tertiary alicyclic amines) is 1. The quantitative estimate of drug-likeness (QED) is 0.895. The summed E-state index contributed by atoms with van der Waals surface area (Å²) in [7, 11) is 1.73. The first kappa shape index (κ1) is 19.9. The van der Waals surface area contributed by atoms with Crippen molar-refractivity contribution in [2.24, 2.45) is 5.73 Å². The Bertz CT molecular complexity index is 767. The molecule has 1 aliphatic rings. The van der Waals surface area contributed by atoms with Gasteiger partial charge in [0.2, 0.25) is 0 Å². The summed E-state index contributed by atoms with van der Waals surface area (Å²) in [6.45, 7) is 1.20. The van der Waals surface area contributed by atoms with Crippen LogP contribution in [0.2, 0.25) is 0 Å². The Hall–Kier alpha value is -2.37. The summed E-state index contributed by atoms with van der Waals surface area (Å²) in [6.07, 6.45) is 1.92. The van der Waals surface area contributed by atoms with Crippen molar-refractivity contribution >= 4 is 29.9 Å². The molecule has 2 N–H and O–H groups in total. The number of hydrogen-bond acceptors (Lipinski definition) is 3. The highest BCUT2D eigenvalue weighted by atomic mass is 35.5. The van der Waals surface area contributed by atoms with Crippen LogP contribution >= 0.6 is 12.4 Å². The molecule has 2 aromatic carbocycles. The van der Waals surface area contributed by atoms with Crippen LogP contribution in [0.3, 0.4) is 0 Å². The van der Waals surface area contributed by atoms with Crippen molar-refractivity contribution in [3.05, 3.63) is 65.7 Å². The van der Waals surface area contributed by atoms with Crippen LogP contribution < -0.4 is 10.6 Å². The number of amides is 2. The number of hydrogen-bond donors (Lipinski definition) is 1. The topological polar surface area (TPSA) is 66.6 Å². The van der Waals surface area contributed by atoms with Gasteiger partial charge < -0.3 is 15.5 Å². The van der Waals surface area contributed by atoms with Crippen LogP contribution in [0.4, 0.5) is 5.69 Å². The van der Waals surface area contributed by atoms with E-state index >= 15 is 0 Å². The lowest BCUT2D eigenvalue weighted by atomic mass is 10.1. The van der Waals surface area contributed by atoms with E-state index in [-0.39, 0.29) is 30.3 Å². The van der Waals surface area contributed by atoms with Gasteiger partial charge in [0.25, 0.3) is 11.8 Å². The first-order chi connectivity index (χ1) is 12.1. The molecule has 5 nitrogen and oxygen atoms in total. The monoisotopic (exact) mass is 373 g/mol. The molecular formula is C20H24ClN3O2. The van der Waals surface area contributed by atoms with Gasteiger partial charge >= 0.3 is 0 Å². The van der Waals surface area contributed by atoms with E-state index in [9.17, 15) is 9.59 Å². The molecule has 1 saturated heterocycles. The van der Waals surface area contributed by atoms with E-state index in [0.29, 0.717) is 17.7 Å². The summed E-state index contributed by atoms with van der Waals surface area (Å²) >= 11 is 0. The van der Waals surface area contributed by atoms with E-state index in [1.54, 1.807) is 36.2 Å². The van der Waals surface area contributed by atoms with Crippen LogP contribution in [0.1, 0.15) is 33.6 Å². The molecule has 0 bridgehead atoms. The zero-order chi connectivity index (χ0) is 17.8. The molecule has 1 atom stereocenters. The highest BCUT2D eigenvalue weighted by Gasteiger charge is 2.28. The van der Waals surface area contributed by atoms with Crippen molar-refractivity contribution in [3.8, 4) is 0 Å². The third-order valence-corrected chi connectivity index (χ3v) is 4.71. The van der Waals surface area contributed by atoms with Crippen molar-refractivity contribution in [3.63, 3.8) is 0 Å². The van der Waals surface area contributed by atoms with Gasteiger partial charge in [-0.25, -0.2) is 0 Å². The number of para-hydroxylation sites is 1. The second-order valence-corrected chi connectivity index (χ2v) is 6.31. The summed E-state index contributed by atoms with van der Waals surface area (Å²) in [6, 6.07) is 16.5. The maximum atomic E-state index is 12.8. The minimum absolute atomic E-state index is 0. The molecular weight excluding hydrogens is 350 g/mol. The van der Waals surface area contributed by atoms with Crippen LogP contribution in [0.25, 0.3) is 0 Å². The van der Waals surface area contributed by atoms with Gasteiger partial charge in [-0.2, -0.15) is 0 Å². The summed E-state index contributed by atoms with van der Waals surface area (Å²) in [4.78, 5) is 28.9. The highest BCUT2D eigenvalue weighted by molar-refractivity contribution is 6.07. The number of rotatable bonds is 4. The van der Waals surface area contributed by atoms with Crippen molar-refractivity contribution < 1.29 is 9.59 Å². The number of nitrogens with two attached hydrogens (primary N) is 1. The van der Waals surface area contributed by atoms with Gasteiger partial charge in [-0.05, 0) is 43.2 Å². The SMILES string of the molecule is CN(C(=O)c1cccc(C(=O)N2CCCC2CN)c1)c1ccccc1.Cl. The lowest BCUT2D eigenvalue weighted by Gasteiger charge is -2.24. The van der Waals surface area contributed by atoms with Crippen molar-refractivity contribution in [2.75, 3.05) is 25.0 Å². The highest BCUT2D eigenvalue weighted by Crippen LogP contribution is 2.21. The minimum atomic E-state index is -0.141. The fourth-order valence-corrected chi connectivity index (χ4v) is 3.26. The molecule has 0 saturated carbocycles. The third-order valence-electron chi connectivity index (χ3n) is 4.71. The minimum Gasteiger partial charge on any atom is -0.334 e. The van der Waals surface area contributed by atoms with E-state index in [0.717, 1.165) is 25.1 Å². The lowest BCUT2D eigenvalue weighted by Crippen LogP contribution is -2.40. The molecule has 1 aliphatic heterocycles. The Morgan fingerprint density at radius 3 is 2.50 bits per heavy atom. The Kier molecular flexibility index (Phi) is 6.77. The van der Waals surface area contributed by atoms with Gasteiger partial charge in [0, 0.05) is 43.0 Å². The number of carbonyl (C=O) groups excluding carboxylic acids is 2. The lowest BCUT2D eigenvalue weighted by molar-refractivity contribution is 0.0741. The molecule has 1 heterocycles. The van der Waals surface area contributed by atoms with Crippen LogP contribution in [0, 0.1) is 0 Å². The second-order valence-electron chi connectivity index (χ2n) is 6.31. The molecule has 1 fully saturated rings. The van der Waals surface area contributed by atoms with E-state index in [2.05, 4.69) is 0 Å². The second kappa shape index (κ2) is 8.83. The van der Waals surface area contributed by atoms with E-state index < -0.39 is 0 Å². The number of carbonyl (C=O) groups is 2. The molecule has 0 spiro atoms. The van der Waals surface area contributed by atoms with Gasteiger partial charge in [0.15, 0.2) is 0 Å². The molecule has 0 radical (unpaired) electrons. The smallest absolute Gasteiger partial charge is 0.258 e. The molecule has 0 aromatic heterocycles. The summed E-state index contributed by atoms with van der Waals surface area (Å²) in [5, 5.41) is 0. The van der Waals surface area contributed by atoms with Gasteiger partial charge in [0.05, 0.1) is 0 Å². The third kappa shape index (κ3) is 4.06. The predicted molar refractivity (Wildman–Crippen MR) is 106 cm³/mol. The number of halogens is 1. The zero-order valence-corrected chi connectivity index (χ0v) is 15.6. The normalized spacial score (nSPS) is 16.1. The molecule has 26 heavy (non-hydrogen) atoms. The van der Waals surface area contributed by atoms with Gasteiger partial charge in [-0.3, -0.25) is 9.59 Å². The zero-order valence-electron chi connectivity index (χ0n) is 14.8. The standard InChI is InChI=1S/C20H23N3O2.ClH/c1-22(17-9-3-2-4-10-17)19(24)15-7-5-8-16(13-15)20(25)23-12-6-11-18(23)14-21;/h2-5,7-10,13,18H,6,11-12,14,21H2,1H3;1H. The Balaban J connectivity index is 0.00000243. The van der Waals surface area contributed by atoms with E-state index in [1.165, 1.54) is 0 Å². The molecule has 138 valence electrons. The molecule has 2 aromatic rings. The maximum Gasteiger partial charge on any atom is 0.258 e. The van der Waals surface area contributed by atoms with Crippen LogP contribution in [-0.2, 0) is 0 Å². The van der Waals surface area contributed by atoms with E-state index in [1.807, 2.05) is 35.2 Å². The number of benzene rings is 2. The van der Waals surface area contributed by atoms with Crippen LogP contribution in [0.5, 0.6) is 0 Å². The maximum absolute atomic E-state index is 12.8. The Morgan fingerprint density at radius 2 is 1.81 bits per heavy atom. The average molecular weight is 374 g/mol. The summed E-state index contributed by atoms with van der Waals surface area (Å²) < 4.78 is 0. The van der Waals surface area contributed by atoms with Gasteiger partial charge in [0.1, 0.15) is 0 Å². The molecule has 6 heteroatoms. The summed E-state index contributed by atoms with van der Waals surface area (Å²) in [5.74, 6) is -0.192. The summed E-state index contributed by atoms with van der Waals surface area (Å²) in [5.41, 5.74) is 7.62. The fourth-order valence-electron chi connectivity index (χ4n) is 3.26. The first-order valence-corrected chi connectivity index (χ1v) is 8.56. The number of anilines is 1. The fraction of sp³-hybridized carbons (Fsp3) is 0.300. The molecule has 2 amide bonds. The van der Waals surface area contributed by atoms with Gasteiger partial charge in [-0.15, -0.1) is 12.4 Å². The molecule has 3 rings (SSSR count). The predicted octanol–water partition coefficient (Wildman–Crippen LogP) is 2.95. The average Bonchev–Trinajstić information content (AvgIpc) is 3.15. The van der Waals surface area contributed by atoms with E-state index in [4.69, 9.17) is 5.73 Å². The van der Waals surface area contributed by atoms with Crippen LogP contribution in [0.15, 0.2) is 54.6 Å². The largest absolute Gasteiger partial charge is 0.334 e. The van der Waals surface area contributed by atoms with Crippen molar-refractivity contribution in [2.45, 2.75) is 18.9 Å². The van der Waals surface area contributed by atoms with Gasteiger partial charge in [-0.1, -0.05) is 24.3 Å². The van der Waals surface area contributed by atoms with Crippen LogP contribution in [-0.4, -0.2) is 42.9 Å². The van der Waals surface area contributed by atoms with Crippen molar-refractivity contribution in [1.29, 1.82) is 0 Å². The van der Waals surface area contributed by atoms with Crippen molar-refractivity contribution in [1.82, 2.24) is 4.90 Å².